The third-order valence-corrected chi connectivity index (χ3v) is 2.57. The minimum absolute atomic E-state index is 0.0493. The first-order valence-electron chi connectivity index (χ1n) is 5.56. The Morgan fingerprint density at radius 1 is 1.47 bits per heavy atom. The summed E-state index contributed by atoms with van der Waals surface area (Å²) in [5.41, 5.74) is 6.88. The molecule has 0 spiro atoms. The van der Waals surface area contributed by atoms with Gasteiger partial charge in [0.25, 0.3) is 5.56 Å². The summed E-state index contributed by atoms with van der Waals surface area (Å²) in [6, 6.07) is 7.08. The van der Waals surface area contributed by atoms with Crippen molar-refractivity contribution in [1.29, 1.82) is 0 Å². The molecule has 0 radical (unpaired) electrons. The lowest BCUT2D eigenvalue weighted by atomic mass is 10.3. The molecule has 0 aliphatic rings. The summed E-state index contributed by atoms with van der Waals surface area (Å²) in [6.07, 6.45) is 1.72. The lowest BCUT2D eigenvalue weighted by Gasteiger charge is -2.14. The van der Waals surface area contributed by atoms with E-state index in [1.54, 1.807) is 12.3 Å². The molecule has 2 N–H and O–H groups in total. The molecule has 2 aromatic rings. The molecule has 5 heteroatoms. The zero-order chi connectivity index (χ0) is 12.3. The van der Waals surface area contributed by atoms with Crippen molar-refractivity contribution in [3.8, 4) is 0 Å². The summed E-state index contributed by atoms with van der Waals surface area (Å²) >= 11 is 0. The zero-order valence-corrected chi connectivity index (χ0v) is 9.84. The molecule has 0 atom stereocenters. The Labute approximate surface area is 99.5 Å². The van der Waals surface area contributed by atoms with Gasteiger partial charge < -0.3 is 5.73 Å². The Hall–Kier alpha value is -1.72. The highest BCUT2D eigenvalue weighted by atomic mass is 16.1. The van der Waals surface area contributed by atoms with Crippen molar-refractivity contribution in [2.75, 3.05) is 20.1 Å². The van der Waals surface area contributed by atoms with E-state index in [1.165, 1.54) is 4.40 Å². The van der Waals surface area contributed by atoms with Gasteiger partial charge in [0.05, 0.1) is 5.69 Å². The first-order chi connectivity index (χ1) is 8.20. The fourth-order valence-electron chi connectivity index (χ4n) is 1.76. The first-order valence-corrected chi connectivity index (χ1v) is 5.56. The monoisotopic (exact) mass is 232 g/mol. The van der Waals surface area contributed by atoms with Crippen LogP contribution in [0.4, 0.5) is 0 Å². The fourth-order valence-corrected chi connectivity index (χ4v) is 1.76. The highest BCUT2D eigenvalue weighted by Crippen LogP contribution is 2.01. The normalized spacial score (nSPS) is 11.2. The van der Waals surface area contributed by atoms with E-state index in [-0.39, 0.29) is 5.56 Å². The van der Waals surface area contributed by atoms with Crippen molar-refractivity contribution in [1.82, 2.24) is 14.3 Å². The van der Waals surface area contributed by atoms with Crippen LogP contribution in [0.3, 0.4) is 0 Å². The van der Waals surface area contributed by atoms with Gasteiger partial charge in [-0.1, -0.05) is 6.07 Å². The van der Waals surface area contributed by atoms with E-state index in [0.29, 0.717) is 18.7 Å². The average molecular weight is 232 g/mol. The lowest BCUT2D eigenvalue weighted by Crippen LogP contribution is -2.26. The molecule has 0 amide bonds. The zero-order valence-electron chi connectivity index (χ0n) is 9.84. The van der Waals surface area contributed by atoms with Crippen molar-refractivity contribution < 1.29 is 0 Å². The molecule has 0 aliphatic carbocycles. The van der Waals surface area contributed by atoms with Crippen LogP contribution in [0.2, 0.25) is 0 Å². The maximum atomic E-state index is 11.8. The van der Waals surface area contributed by atoms with E-state index in [0.717, 1.165) is 12.2 Å². The largest absolute Gasteiger partial charge is 0.329 e. The number of fused-ring (bicyclic) bond motifs is 1. The van der Waals surface area contributed by atoms with Gasteiger partial charge in [0.15, 0.2) is 0 Å². The van der Waals surface area contributed by atoms with Gasteiger partial charge in [0, 0.05) is 31.9 Å². The summed E-state index contributed by atoms with van der Waals surface area (Å²) in [4.78, 5) is 18.3. The standard InChI is InChI=1S/C12H16N4O/c1-15(7-5-13)9-10-8-12(17)16-6-3-2-4-11(16)14-10/h2-4,6,8H,5,7,9,13H2,1H3. The molecule has 0 saturated carbocycles. The molecule has 0 bridgehead atoms. The molecule has 2 aromatic heterocycles. The second-order valence-electron chi connectivity index (χ2n) is 4.04. The van der Waals surface area contributed by atoms with Gasteiger partial charge >= 0.3 is 0 Å². The highest BCUT2D eigenvalue weighted by Gasteiger charge is 2.04. The predicted molar refractivity (Wildman–Crippen MR) is 66.9 cm³/mol. The predicted octanol–water partition coefficient (Wildman–Crippen LogP) is 0.0850. The van der Waals surface area contributed by atoms with Gasteiger partial charge in [-0.15, -0.1) is 0 Å². The van der Waals surface area contributed by atoms with Crippen LogP contribution in [0.5, 0.6) is 0 Å². The number of nitrogens with zero attached hydrogens (tertiary/aromatic N) is 3. The van der Waals surface area contributed by atoms with E-state index < -0.39 is 0 Å². The fraction of sp³-hybridized carbons (Fsp3) is 0.333. The molecule has 2 rings (SSSR count). The minimum Gasteiger partial charge on any atom is -0.329 e. The van der Waals surface area contributed by atoms with Gasteiger partial charge in [-0.3, -0.25) is 14.1 Å². The van der Waals surface area contributed by atoms with E-state index in [4.69, 9.17) is 5.73 Å². The molecule has 0 aliphatic heterocycles. The van der Waals surface area contributed by atoms with E-state index in [1.807, 2.05) is 30.1 Å². The number of pyridine rings is 1. The van der Waals surface area contributed by atoms with Crippen LogP contribution in [-0.2, 0) is 6.54 Å². The average Bonchev–Trinajstić information content (AvgIpc) is 2.29. The molecule has 0 unspecified atom stereocenters. The van der Waals surface area contributed by atoms with Crippen LogP contribution in [0.1, 0.15) is 5.69 Å². The summed E-state index contributed by atoms with van der Waals surface area (Å²) in [5, 5.41) is 0. The molecule has 0 aromatic carbocycles. The van der Waals surface area contributed by atoms with Crippen LogP contribution < -0.4 is 11.3 Å². The molecular formula is C12H16N4O. The SMILES string of the molecule is CN(CCN)Cc1cc(=O)n2ccccc2n1. The number of hydrogen-bond acceptors (Lipinski definition) is 4. The van der Waals surface area contributed by atoms with Crippen molar-refractivity contribution >= 4 is 5.65 Å². The van der Waals surface area contributed by atoms with E-state index in [9.17, 15) is 4.79 Å². The summed E-state index contributed by atoms with van der Waals surface area (Å²) in [5.74, 6) is 0. The maximum absolute atomic E-state index is 11.8. The van der Waals surface area contributed by atoms with Gasteiger partial charge in [0.1, 0.15) is 5.65 Å². The van der Waals surface area contributed by atoms with Crippen LogP contribution in [0, 0.1) is 0 Å². The van der Waals surface area contributed by atoms with Crippen LogP contribution >= 0.6 is 0 Å². The Morgan fingerprint density at radius 2 is 2.29 bits per heavy atom. The number of rotatable bonds is 4. The Balaban J connectivity index is 2.33. The van der Waals surface area contributed by atoms with Gasteiger partial charge in [0.2, 0.25) is 0 Å². The smallest absolute Gasteiger partial charge is 0.258 e. The molecule has 5 nitrogen and oxygen atoms in total. The topological polar surface area (TPSA) is 63.6 Å². The quantitative estimate of drug-likeness (QED) is 0.811. The van der Waals surface area contributed by atoms with Crippen LogP contribution in [-0.4, -0.2) is 34.4 Å². The van der Waals surface area contributed by atoms with Gasteiger partial charge in [-0.2, -0.15) is 0 Å². The van der Waals surface area contributed by atoms with Gasteiger partial charge in [-0.25, -0.2) is 4.98 Å². The summed E-state index contributed by atoms with van der Waals surface area (Å²) < 4.78 is 1.53. The molecule has 17 heavy (non-hydrogen) atoms. The van der Waals surface area contributed by atoms with Crippen molar-refractivity contribution in [3.05, 3.63) is 46.5 Å². The maximum Gasteiger partial charge on any atom is 0.258 e. The van der Waals surface area contributed by atoms with Crippen LogP contribution in [0.15, 0.2) is 35.3 Å². The Bertz CT molecular complexity index is 564. The van der Waals surface area contributed by atoms with Crippen molar-refractivity contribution in [3.63, 3.8) is 0 Å². The highest BCUT2D eigenvalue weighted by molar-refractivity contribution is 5.37. The van der Waals surface area contributed by atoms with Gasteiger partial charge in [-0.05, 0) is 19.2 Å². The first kappa shape index (κ1) is 11.8. The number of likely N-dealkylation sites (N-methyl/N-ethyl adjacent to an activating group) is 1. The summed E-state index contributed by atoms with van der Waals surface area (Å²) in [6.45, 7) is 2.02. The number of aromatic nitrogens is 2. The van der Waals surface area contributed by atoms with E-state index >= 15 is 0 Å². The molecule has 2 heterocycles. The number of nitrogens with two attached hydrogens (primary N) is 1. The lowest BCUT2D eigenvalue weighted by molar-refractivity contribution is 0.332. The third kappa shape index (κ3) is 2.69. The molecule has 0 fully saturated rings. The molecular weight excluding hydrogens is 216 g/mol. The van der Waals surface area contributed by atoms with Crippen molar-refractivity contribution in [2.45, 2.75) is 6.54 Å². The minimum atomic E-state index is -0.0493. The Morgan fingerprint density at radius 3 is 3.06 bits per heavy atom. The van der Waals surface area contributed by atoms with Crippen molar-refractivity contribution in [2.24, 2.45) is 5.73 Å². The second-order valence-corrected chi connectivity index (χ2v) is 4.04. The molecule has 90 valence electrons. The Kier molecular flexibility index (Phi) is 3.51. The van der Waals surface area contributed by atoms with E-state index in [2.05, 4.69) is 4.98 Å². The van der Waals surface area contributed by atoms with Crippen LogP contribution in [0.25, 0.3) is 5.65 Å². The number of hydrogen-bond donors (Lipinski definition) is 1. The third-order valence-electron chi connectivity index (χ3n) is 2.57. The second kappa shape index (κ2) is 5.07. The summed E-state index contributed by atoms with van der Waals surface area (Å²) in [7, 11) is 1.96. The molecule has 0 saturated heterocycles.